The second-order valence-electron chi connectivity index (χ2n) is 14.5. The number of para-hydroxylation sites is 1. The van der Waals surface area contributed by atoms with E-state index in [4.69, 9.17) is 4.42 Å². The molecule has 10 aromatic rings. The number of hydrogen-bond acceptors (Lipinski definition) is 3. The lowest BCUT2D eigenvalue weighted by Gasteiger charge is -2.28. The standard InChI is InChI=1S/C48H33NOSSi/c1-52(2)44-27-26-38-36-12-5-7-16-42(36)50-47(38)46(44)40-25-24-35(29-45(40)52)49(41-15-9-14-39-37-13-6-8-17-43(37)51-48(39)41)34-22-20-31(21-23-34)33-19-18-30-10-3-4-11-32(30)28-33/h3-29H,1-2H3. The third kappa shape index (κ3) is 4.29. The van der Waals surface area contributed by atoms with Gasteiger partial charge in [0.2, 0.25) is 0 Å². The van der Waals surface area contributed by atoms with E-state index in [2.05, 4.69) is 182 Å². The lowest BCUT2D eigenvalue weighted by Crippen LogP contribution is -2.49. The zero-order chi connectivity index (χ0) is 34.6. The van der Waals surface area contributed by atoms with Gasteiger partial charge in [0.15, 0.2) is 0 Å². The molecule has 0 fully saturated rings. The molecule has 1 aliphatic heterocycles. The highest BCUT2D eigenvalue weighted by molar-refractivity contribution is 7.26. The molecule has 246 valence electrons. The largest absolute Gasteiger partial charge is 0.455 e. The molecule has 0 atom stereocenters. The molecule has 0 unspecified atom stereocenters. The Balaban J connectivity index is 1.10. The number of fused-ring (bicyclic) bond motifs is 11. The van der Waals surface area contributed by atoms with Crippen molar-refractivity contribution < 1.29 is 4.42 Å². The van der Waals surface area contributed by atoms with Gasteiger partial charge in [0.25, 0.3) is 0 Å². The summed E-state index contributed by atoms with van der Waals surface area (Å²) >= 11 is 1.88. The van der Waals surface area contributed by atoms with Gasteiger partial charge >= 0.3 is 0 Å². The summed E-state index contributed by atoms with van der Waals surface area (Å²) < 4.78 is 9.23. The summed E-state index contributed by atoms with van der Waals surface area (Å²) in [6, 6.07) is 60.3. The fourth-order valence-corrected chi connectivity index (χ4v) is 12.9. The molecular formula is C48H33NOSSi. The van der Waals surface area contributed by atoms with E-state index in [-0.39, 0.29) is 0 Å². The molecule has 0 saturated heterocycles. The van der Waals surface area contributed by atoms with Gasteiger partial charge in [-0.25, -0.2) is 0 Å². The Hall–Kier alpha value is -5.94. The van der Waals surface area contributed by atoms with Gasteiger partial charge in [-0.2, -0.15) is 0 Å². The molecule has 0 saturated carbocycles. The van der Waals surface area contributed by atoms with Crippen molar-refractivity contribution in [1.29, 1.82) is 0 Å². The smallest absolute Gasteiger partial charge is 0.143 e. The van der Waals surface area contributed by atoms with E-state index in [1.807, 2.05) is 11.3 Å². The van der Waals surface area contributed by atoms with E-state index < -0.39 is 8.07 Å². The molecule has 0 amide bonds. The monoisotopic (exact) mass is 699 g/mol. The third-order valence-electron chi connectivity index (χ3n) is 11.3. The second kappa shape index (κ2) is 11.0. The Labute approximate surface area is 306 Å². The summed E-state index contributed by atoms with van der Waals surface area (Å²) in [4.78, 5) is 2.48. The van der Waals surface area contributed by atoms with Gasteiger partial charge in [0, 0.05) is 43.2 Å². The van der Waals surface area contributed by atoms with E-state index in [9.17, 15) is 0 Å². The minimum Gasteiger partial charge on any atom is -0.455 e. The van der Waals surface area contributed by atoms with E-state index in [0.717, 1.165) is 16.9 Å². The van der Waals surface area contributed by atoms with Gasteiger partial charge in [0.05, 0.1) is 10.4 Å². The molecule has 2 aromatic heterocycles. The molecule has 0 spiro atoms. The maximum absolute atomic E-state index is 6.62. The Morgan fingerprint density at radius 2 is 1.25 bits per heavy atom. The lowest BCUT2D eigenvalue weighted by molar-refractivity contribution is 0.670. The van der Waals surface area contributed by atoms with Crippen LogP contribution in [0.3, 0.4) is 0 Å². The molecule has 3 heterocycles. The summed E-state index contributed by atoms with van der Waals surface area (Å²) in [5.41, 5.74) is 10.5. The van der Waals surface area contributed by atoms with Crippen LogP contribution in [0, 0.1) is 0 Å². The van der Waals surface area contributed by atoms with Crippen LogP contribution in [0.2, 0.25) is 13.1 Å². The number of furan rings is 1. The Bertz CT molecular complexity index is 3060. The maximum atomic E-state index is 6.62. The molecule has 1 aliphatic rings. The lowest BCUT2D eigenvalue weighted by atomic mass is 10.0. The number of nitrogens with zero attached hydrogens (tertiary/aromatic N) is 1. The van der Waals surface area contributed by atoms with Crippen molar-refractivity contribution in [2.45, 2.75) is 13.1 Å². The fourth-order valence-electron chi connectivity index (χ4n) is 8.64. The average molecular weight is 700 g/mol. The summed E-state index contributed by atoms with van der Waals surface area (Å²) in [5.74, 6) is 0. The molecule has 4 heteroatoms. The molecule has 0 N–H and O–H groups in total. The molecule has 52 heavy (non-hydrogen) atoms. The highest BCUT2D eigenvalue weighted by atomic mass is 32.1. The Morgan fingerprint density at radius 3 is 2.13 bits per heavy atom. The van der Waals surface area contributed by atoms with Gasteiger partial charge in [-0.15, -0.1) is 11.3 Å². The van der Waals surface area contributed by atoms with Crippen molar-refractivity contribution in [2.75, 3.05) is 4.90 Å². The van der Waals surface area contributed by atoms with Gasteiger partial charge in [-0.1, -0.05) is 128 Å². The SMILES string of the molecule is C[Si]1(C)c2cc(N(c3ccc(-c4ccc5ccccc5c4)cc3)c3cccc4c3sc3ccccc34)ccc2-c2c1ccc1c2oc2ccccc21. The van der Waals surface area contributed by atoms with Crippen LogP contribution in [-0.2, 0) is 0 Å². The molecule has 8 aromatic carbocycles. The van der Waals surface area contributed by atoms with Crippen LogP contribution in [0.4, 0.5) is 17.1 Å². The van der Waals surface area contributed by atoms with Crippen molar-refractivity contribution in [1.82, 2.24) is 0 Å². The topological polar surface area (TPSA) is 16.4 Å². The van der Waals surface area contributed by atoms with Crippen LogP contribution in [0.1, 0.15) is 0 Å². The number of anilines is 3. The second-order valence-corrected chi connectivity index (χ2v) is 19.9. The van der Waals surface area contributed by atoms with Crippen molar-refractivity contribution in [3.8, 4) is 22.3 Å². The molecular weight excluding hydrogens is 667 g/mol. The van der Waals surface area contributed by atoms with E-state index in [0.29, 0.717) is 0 Å². The first-order valence-electron chi connectivity index (χ1n) is 17.9. The highest BCUT2D eigenvalue weighted by Crippen LogP contribution is 2.46. The molecule has 0 radical (unpaired) electrons. The number of rotatable bonds is 4. The van der Waals surface area contributed by atoms with Crippen molar-refractivity contribution >= 4 is 99.7 Å². The summed E-state index contributed by atoms with van der Waals surface area (Å²) in [6.07, 6.45) is 0. The maximum Gasteiger partial charge on any atom is 0.143 e. The van der Waals surface area contributed by atoms with Gasteiger partial charge < -0.3 is 9.32 Å². The number of hydrogen-bond donors (Lipinski definition) is 0. The predicted octanol–water partition coefficient (Wildman–Crippen LogP) is 13.0. The first-order valence-corrected chi connectivity index (χ1v) is 21.7. The fraction of sp³-hybridized carbons (Fsp3) is 0.0417. The van der Waals surface area contributed by atoms with Crippen molar-refractivity contribution in [3.63, 3.8) is 0 Å². The first-order chi connectivity index (χ1) is 25.5. The van der Waals surface area contributed by atoms with Crippen LogP contribution in [0.15, 0.2) is 168 Å². The zero-order valence-corrected chi connectivity index (χ0v) is 30.7. The van der Waals surface area contributed by atoms with Crippen LogP contribution in [0.5, 0.6) is 0 Å². The van der Waals surface area contributed by atoms with Gasteiger partial charge in [-0.05, 0) is 86.4 Å². The van der Waals surface area contributed by atoms with Crippen molar-refractivity contribution in [2.24, 2.45) is 0 Å². The van der Waals surface area contributed by atoms with Crippen LogP contribution in [0.25, 0.3) is 75.1 Å². The normalized spacial score (nSPS) is 13.3. The average Bonchev–Trinajstić information content (AvgIpc) is 3.83. The van der Waals surface area contributed by atoms with Crippen LogP contribution in [-0.4, -0.2) is 8.07 Å². The van der Waals surface area contributed by atoms with Gasteiger partial charge in [0.1, 0.15) is 19.2 Å². The van der Waals surface area contributed by atoms with Gasteiger partial charge in [-0.3, -0.25) is 0 Å². The van der Waals surface area contributed by atoms with E-state index in [1.165, 1.54) is 85.7 Å². The summed E-state index contributed by atoms with van der Waals surface area (Å²) in [6.45, 7) is 4.98. The molecule has 2 nitrogen and oxygen atoms in total. The molecule has 0 aliphatic carbocycles. The Kier molecular flexibility index (Phi) is 6.31. The number of benzene rings is 8. The van der Waals surface area contributed by atoms with Crippen molar-refractivity contribution in [3.05, 3.63) is 164 Å². The first kappa shape index (κ1) is 29.8. The predicted molar refractivity (Wildman–Crippen MR) is 226 cm³/mol. The molecule has 0 bridgehead atoms. The highest BCUT2D eigenvalue weighted by Gasteiger charge is 2.40. The van der Waals surface area contributed by atoms with Crippen LogP contribution >= 0.6 is 11.3 Å². The quantitative estimate of drug-likeness (QED) is 0.170. The molecule has 11 rings (SSSR count). The minimum absolute atomic E-state index is 0.949. The Morgan fingerprint density at radius 1 is 0.519 bits per heavy atom. The summed E-state index contributed by atoms with van der Waals surface area (Å²) in [5, 5.41) is 10.4. The number of thiophene rings is 1. The minimum atomic E-state index is -2.07. The van der Waals surface area contributed by atoms with E-state index in [1.54, 1.807) is 0 Å². The summed E-state index contributed by atoms with van der Waals surface area (Å²) in [7, 11) is -2.07. The zero-order valence-electron chi connectivity index (χ0n) is 28.9. The van der Waals surface area contributed by atoms with Crippen LogP contribution < -0.4 is 15.3 Å². The third-order valence-corrected chi connectivity index (χ3v) is 16.0. The van der Waals surface area contributed by atoms with E-state index >= 15 is 0 Å².